The van der Waals surface area contributed by atoms with E-state index < -0.39 is 0 Å². The molecular weight excluding hydrogens is 254 g/mol. The third-order valence-corrected chi connectivity index (χ3v) is 3.38. The topological polar surface area (TPSA) is 63.2 Å². The van der Waals surface area contributed by atoms with E-state index in [1.807, 2.05) is 6.07 Å². The maximum absolute atomic E-state index is 12.1. The molecule has 2 rings (SSSR count). The second-order valence-electron chi connectivity index (χ2n) is 5.15. The van der Waals surface area contributed by atoms with E-state index in [0.29, 0.717) is 18.2 Å². The molecule has 110 valence electrons. The summed E-state index contributed by atoms with van der Waals surface area (Å²) < 4.78 is 5.41. The van der Waals surface area contributed by atoms with Crippen LogP contribution in [-0.4, -0.2) is 37.2 Å². The maximum atomic E-state index is 12.1. The maximum Gasteiger partial charge on any atom is 0.269 e. The summed E-state index contributed by atoms with van der Waals surface area (Å²) in [7, 11) is 0. The van der Waals surface area contributed by atoms with Crippen LogP contribution in [0.1, 0.15) is 36.7 Å². The van der Waals surface area contributed by atoms with Gasteiger partial charge in [-0.25, -0.2) is 0 Å². The van der Waals surface area contributed by atoms with Gasteiger partial charge in [-0.1, -0.05) is 6.92 Å². The van der Waals surface area contributed by atoms with Crippen molar-refractivity contribution in [2.75, 3.05) is 31.6 Å². The van der Waals surface area contributed by atoms with Crippen molar-refractivity contribution in [2.24, 2.45) is 5.92 Å². The molecule has 5 heteroatoms. The number of ether oxygens (including phenoxy) is 1. The number of rotatable bonds is 6. The quantitative estimate of drug-likeness (QED) is 0.835. The molecular formula is C15H23N3O2. The molecule has 0 radical (unpaired) electrons. The third-order valence-electron chi connectivity index (χ3n) is 3.38. The van der Waals surface area contributed by atoms with Crippen molar-refractivity contribution in [2.45, 2.75) is 26.2 Å². The van der Waals surface area contributed by atoms with Gasteiger partial charge >= 0.3 is 0 Å². The molecule has 1 aromatic rings. The molecule has 0 spiro atoms. The van der Waals surface area contributed by atoms with Crippen LogP contribution < -0.4 is 10.6 Å². The van der Waals surface area contributed by atoms with Gasteiger partial charge in [-0.05, 0) is 37.3 Å². The normalized spacial score (nSPS) is 18.6. The molecule has 20 heavy (non-hydrogen) atoms. The Kier molecular flexibility index (Phi) is 5.80. The zero-order chi connectivity index (χ0) is 14.2. The monoisotopic (exact) mass is 277 g/mol. The highest BCUT2D eigenvalue weighted by Gasteiger charge is 2.15. The van der Waals surface area contributed by atoms with Crippen LogP contribution >= 0.6 is 0 Å². The highest BCUT2D eigenvalue weighted by Crippen LogP contribution is 2.13. The van der Waals surface area contributed by atoms with E-state index in [2.05, 4.69) is 22.5 Å². The Hall–Kier alpha value is -1.62. The lowest BCUT2D eigenvalue weighted by Gasteiger charge is -2.22. The first kappa shape index (κ1) is 14.8. The average molecular weight is 277 g/mol. The van der Waals surface area contributed by atoms with Crippen LogP contribution in [0.4, 0.5) is 5.69 Å². The van der Waals surface area contributed by atoms with Crippen LogP contribution in [-0.2, 0) is 4.74 Å². The second-order valence-corrected chi connectivity index (χ2v) is 5.15. The van der Waals surface area contributed by atoms with Crippen molar-refractivity contribution in [1.82, 2.24) is 10.3 Å². The van der Waals surface area contributed by atoms with Gasteiger partial charge in [0.05, 0.1) is 6.61 Å². The van der Waals surface area contributed by atoms with E-state index in [9.17, 15) is 4.79 Å². The van der Waals surface area contributed by atoms with Gasteiger partial charge in [-0.3, -0.25) is 9.78 Å². The number of amides is 1. The van der Waals surface area contributed by atoms with Gasteiger partial charge in [0.15, 0.2) is 0 Å². The molecule has 1 saturated heterocycles. The van der Waals surface area contributed by atoms with Crippen molar-refractivity contribution in [3.8, 4) is 0 Å². The van der Waals surface area contributed by atoms with Crippen molar-refractivity contribution < 1.29 is 9.53 Å². The number of pyridine rings is 1. The van der Waals surface area contributed by atoms with Crippen molar-refractivity contribution in [1.29, 1.82) is 0 Å². The van der Waals surface area contributed by atoms with Crippen LogP contribution in [0.25, 0.3) is 0 Å². The van der Waals surface area contributed by atoms with E-state index in [1.54, 1.807) is 12.3 Å². The molecule has 1 aliphatic rings. The molecule has 1 atom stereocenters. The number of carbonyl (C=O) groups excluding carboxylic acids is 1. The fourth-order valence-corrected chi connectivity index (χ4v) is 2.23. The lowest BCUT2D eigenvalue weighted by atomic mass is 10.0. The van der Waals surface area contributed by atoms with Crippen molar-refractivity contribution in [3.05, 3.63) is 24.0 Å². The van der Waals surface area contributed by atoms with Gasteiger partial charge in [-0.2, -0.15) is 0 Å². The smallest absolute Gasteiger partial charge is 0.269 e. The lowest BCUT2D eigenvalue weighted by Crippen LogP contribution is -2.33. The Bertz CT molecular complexity index is 431. The van der Waals surface area contributed by atoms with Crippen LogP contribution in [0.15, 0.2) is 18.3 Å². The predicted octanol–water partition coefficient (Wildman–Crippen LogP) is 2.06. The number of anilines is 1. The first-order chi connectivity index (χ1) is 9.79. The molecule has 5 nitrogen and oxygen atoms in total. The molecule has 1 unspecified atom stereocenters. The molecule has 0 saturated carbocycles. The summed E-state index contributed by atoms with van der Waals surface area (Å²) in [5.74, 6) is 0.310. The molecule has 1 aromatic heterocycles. The Balaban J connectivity index is 1.84. The van der Waals surface area contributed by atoms with E-state index >= 15 is 0 Å². The zero-order valence-corrected chi connectivity index (χ0v) is 12.0. The molecule has 1 fully saturated rings. The number of aromatic nitrogens is 1. The summed E-state index contributed by atoms with van der Waals surface area (Å²) in [4.78, 5) is 16.2. The van der Waals surface area contributed by atoms with E-state index in [4.69, 9.17) is 4.74 Å². The largest absolute Gasteiger partial charge is 0.385 e. The fourth-order valence-electron chi connectivity index (χ4n) is 2.23. The van der Waals surface area contributed by atoms with Gasteiger partial charge in [-0.15, -0.1) is 0 Å². The zero-order valence-electron chi connectivity index (χ0n) is 12.0. The molecule has 1 amide bonds. The molecule has 0 aliphatic carbocycles. The van der Waals surface area contributed by atoms with Crippen molar-refractivity contribution in [3.63, 3.8) is 0 Å². The Labute approximate surface area is 120 Å². The van der Waals surface area contributed by atoms with Gasteiger partial charge in [0.25, 0.3) is 5.91 Å². The van der Waals surface area contributed by atoms with Crippen LogP contribution in [0.5, 0.6) is 0 Å². The SMILES string of the molecule is CCCNc1ccnc(C(=O)NCC2CCCOC2)c1. The number of hydrogen-bond donors (Lipinski definition) is 2. The molecule has 2 N–H and O–H groups in total. The van der Waals surface area contributed by atoms with Crippen LogP contribution in [0.3, 0.4) is 0 Å². The minimum atomic E-state index is -0.115. The fraction of sp³-hybridized carbons (Fsp3) is 0.600. The van der Waals surface area contributed by atoms with E-state index in [-0.39, 0.29) is 5.91 Å². The number of nitrogens with one attached hydrogen (secondary N) is 2. The standard InChI is InChI=1S/C15H23N3O2/c1-2-6-16-13-5-7-17-14(9-13)15(19)18-10-12-4-3-8-20-11-12/h5,7,9,12H,2-4,6,8,10-11H2,1H3,(H,16,17)(H,18,19). The highest BCUT2D eigenvalue weighted by atomic mass is 16.5. The first-order valence-electron chi connectivity index (χ1n) is 7.35. The van der Waals surface area contributed by atoms with Crippen molar-refractivity contribution >= 4 is 11.6 Å². The number of nitrogens with zero attached hydrogens (tertiary/aromatic N) is 1. The summed E-state index contributed by atoms with van der Waals surface area (Å²) >= 11 is 0. The van der Waals surface area contributed by atoms with Gasteiger partial charge in [0, 0.05) is 31.6 Å². The number of hydrogen-bond acceptors (Lipinski definition) is 4. The Morgan fingerprint density at radius 3 is 3.20 bits per heavy atom. The van der Waals surface area contributed by atoms with Crippen LogP contribution in [0, 0.1) is 5.92 Å². The van der Waals surface area contributed by atoms with Gasteiger partial charge < -0.3 is 15.4 Å². The Morgan fingerprint density at radius 2 is 2.45 bits per heavy atom. The number of carbonyl (C=O) groups is 1. The highest BCUT2D eigenvalue weighted by molar-refractivity contribution is 5.93. The Morgan fingerprint density at radius 1 is 1.55 bits per heavy atom. The molecule has 1 aliphatic heterocycles. The van der Waals surface area contributed by atoms with Crippen LogP contribution in [0.2, 0.25) is 0 Å². The molecule has 0 aromatic carbocycles. The first-order valence-corrected chi connectivity index (χ1v) is 7.35. The van der Waals surface area contributed by atoms with Gasteiger partial charge in [0.1, 0.15) is 5.69 Å². The lowest BCUT2D eigenvalue weighted by molar-refractivity contribution is 0.0535. The molecule has 0 bridgehead atoms. The third kappa shape index (κ3) is 4.49. The predicted molar refractivity (Wildman–Crippen MR) is 78.9 cm³/mol. The minimum Gasteiger partial charge on any atom is -0.385 e. The summed E-state index contributed by atoms with van der Waals surface area (Å²) in [5.41, 5.74) is 1.40. The summed E-state index contributed by atoms with van der Waals surface area (Å²) in [6.45, 7) is 5.24. The second kappa shape index (κ2) is 7.85. The molecule has 2 heterocycles. The van der Waals surface area contributed by atoms with Gasteiger partial charge in [0.2, 0.25) is 0 Å². The van der Waals surface area contributed by atoms with E-state index in [1.165, 1.54) is 0 Å². The average Bonchev–Trinajstić information content (AvgIpc) is 2.52. The summed E-state index contributed by atoms with van der Waals surface area (Å²) in [5, 5.41) is 6.20. The summed E-state index contributed by atoms with van der Waals surface area (Å²) in [6.07, 6.45) is 4.91. The van der Waals surface area contributed by atoms with E-state index in [0.717, 1.165) is 44.7 Å². The summed E-state index contributed by atoms with van der Waals surface area (Å²) in [6, 6.07) is 3.67. The minimum absolute atomic E-state index is 0.115.